The molecular weight excluding hydrogens is 612 g/mol. The molecule has 0 bridgehead atoms. The number of nitrogens with zero attached hydrogens (tertiary/aromatic N) is 3. The van der Waals surface area contributed by atoms with Crippen LogP contribution in [-0.2, 0) is 20.1 Å². The van der Waals surface area contributed by atoms with Crippen LogP contribution in [0.15, 0.2) is 83.7 Å². The monoisotopic (exact) mass is 635 g/mol. The summed E-state index contributed by atoms with van der Waals surface area (Å²) in [7, 11) is 1.95. The van der Waals surface area contributed by atoms with Gasteiger partial charge in [-0.25, -0.2) is 4.68 Å². The van der Waals surface area contributed by atoms with Crippen LogP contribution in [0.4, 0.5) is 5.69 Å². The fourth-order valence-corrected chi connectivity index (χ4v) is 4.91. The number of halogens is 2. The molecule has 4 nitrogen and oxygen atoms in total. The van der Waals surface area contributed by atoms with E-state index in [0.717, 1.165) is 17.1 Å². The minimum Gasteiger partial charge on any atom is -0.357 e. The van der Waals surface area contributed by atoms with E-state index in [-0.39, 0.29) is 5.56 Å². The fourth-order valence-electron chi connectivity index (χ4n) is 3.80. The van der Waals surface area contributed by atoms with Crippen LogP contribution in [0.2, 0.25) is 0 Å². The molecule has 3 aromatic carbocycles. The SMILES string of the molecule is Cc1c(N(Cc2ccccc2I)Cc2ccccc2I)c(=O)n(-c2ccccc2)n1C. The maximum atomic E-state index is 13.7. The molecule has 0 unspecified atom stereocenters. The molecule has 158 valence electrons. The van der Waals surface area contributed by atoms with Crippen LogP contribution in [0.3, 0.4) is 0 Å². The average molecular weight is 635 g/mol. The predicted molar refractivity (Wildman–Crippen MR) is 144 cm³/mol. The number of anilines is 1. The van der Waals surface area contributed by atoms with Gasteiger partial charge in [0, 0.05) is 27.3 Å². The van der Waals surface area contributed by atoms with Gasteiger partial charge in [-0.15, -0.1) is 0 Å². The van der Waals surface area contributed by atoms with Crippen molar-refractivity contribution in [3.63, 3.8) is 0 Å². The number of hydrogen-bond acceptors (Lipinski definition) is 2. The van der Waals surface area contributed by atoms with Crippen molar-refractivity contribution in [2.75, 3.05) is 4.90 Å². The second-order valence-corrected chi connectivity index (χ2v) is 9.77. The summed E-state index contributed by atoms with van der Waals surface area (Å²) in [6.07, 6.45) is 0. The Morgan fingerprint density at radius 3 is 1.77 bits per heavy atom. The van der Waals surface area contributed by atoms with Crippen molar-refractivity contribution in [1.82, 2.24) is 9.36 Å². The lowest BCUT2D eigenvalue weighted by Gasteiger charge is -2.25. The van der Waals surface area contributed by atoms with Crippen molar-refractivity contribution < 1.29 is 0 Å². The Labute approximate surface area is 209 Å². The summed E-state index contributed by atoms with van der Waals surface area (Å²) < 4.78 is 6.10. The Morgan fingerprint density at radius 1 is 0.774 bits per heavy atom. The van der Waals surface area contributed by atoms with Crippen LogP contribution in [0.25, 0.3) is 5.69 Å². The highest BCUT2D eigenvalue weighted by atomic mass is 127. The summed E-state index contributed by atoms with van der Waals surface area (Å²) in [4.78, 5) is 15.9. The van der Waals surface area contributed by atoms with E-state index in [1.807, 2.05) is 61.1 Å². The van der Waals surface area contributed by atoms with Gasteiger partial charge < -0.3 is 4.90 Å². The quantitative estimate of drug-likeness (QED) is 0.247. The lowest BCUT2D eigenvalue weighted by Crippen LogP contribution is -2.29. The highest BCUT2D eigenvalue weighted by Gasteiger charge is 2.23. The molecule has 1 aromatic heterocycles. The molecule has 0 fully saturated rings. The number of para-hydroxylation sites is 1. The van der Waals surface area contributed by atoms with Crippen molar-refractivity contribution in [2.45, 2.75) is 20.0 Å². The molecule has 0 spiro atoms. The fraction of sp³-hybridized carbons (Fsp3) is 0.160. The first kappa shape index (κ1) is 22.1. The van der Waals surface area contributed by atoms with E-state index in [0.29, 0.717) is 13.1 Å². The number of benzene rings is 3. The molecule has 0 N–H and O–H groups in total. The van der Waals surface area contributed by atoms with Gasteiger partial charge >= 0.3 is 0 Å². The molecule has 0 aliphatic rings. The molecule has 0 amide bonds. The van der Waals surface area contributed by atoms with E-state index >= 15 is 0 Å². The normalized spacial score (nSPS) is 11.0. The Morgan fingerprint density at radius 2 is 1.26 bits per heavy atom. The maximum Gasteiger partial charge on any atom is 0.295 e. The molecule has 4 rings (SSSR count). The zero-order valence-electron chi connectivity index (χ0n) is 17.4. The van der Waals surface area contributed by atoms with Crippen molar-refractivity contribution in [2.24, 2.45) is 7.05 Å². The molecule has 0 saturated carbocycles. The summed E-state index contributed by atoms with van der Waals surface area (Å²) in [5, 5.41) is 0. The molecule has 31 heavy (non-hydrogen) atoms. The van der Waals surface area contributed by atoms with Gasteiger partial charge in [0.2, 0.25) is 0 Å². The first-order valence-electron chi connectivity index (χ1n) is 10.0. The first-order valence-corrected chi connectivity index (χ1v) is 12.2. The van der Waals surface area contributed by atoms with Crippen molar-refractivity contribution in [3.05, 3.63) is 113 Å². The number of hydrogen-bond donors (Lipinski definition) is 0. The van der Waals surface area contributed by atoms with Gasteiger partial charge in [-0.1, -0.05) is 54.6 Å². The topological polar surface area (TPSA) is 30.2 Å². The van der Waals surface area contributed by atoms with Gasteiger partial charge in [0.05, 0.1) is 11.4 Å². The second-order valence-electron chi connectivity index (χ2n) is 7.45. The summed E-state index contributed by atoms with van der Waals surface area (Å²) in [5.41, 5.74) is 4.98. The molecule has 0 saturated heterocycles. The maximum absolute atomic E-state index is 13.7. The molecule has 6 heteroatoms. The molecule has 0 atom stereocenters. The van der Waals surface area contributed by atoms with Crippen LogP contribution in [0.1, 0.15) is 16.8 Å². The van der Waals surface area contributed by atoms with Gasteiger partial charge in [0.25, 0.3) is 5.56 Å². The molecule has 1 heterocycles. The zero-order valence-corrected chi connectivity index (χ0v) is 21.7. The largest absolute Gasteiger partial charge is 0.357 e. The third-order valence-corrected chi connectivity index (χ3v) is 7.58. The lowest BCUT2D eigenvalue weighted by molar-refractivity contribution is 0.630. The molecule has 4 aromatic rings. The highest BCUT2D eigenvalue weighted by molar-refractivity contribution is 14.1. The van der Waals surface area contributed by atoms with Gasteiger partial charge in [-0.3, -0.25) is 9.48 Å². The van der Waals surface area contributed by atoms with E-state index in [2.05, 4.69) is 86.5 Å². The summed E-state index contributed by atoms with van der Waals surface area (Å²) in [6, 6.07) is 26.5. The standard InChI is InChI=1S/C25H23I2N3O/c1-18-24(25(31)30(28(18)2)21-12-4-3-5-13-21)29(16-19-10-6-8-14-22(19)26)17-20-11-7-9-15-23(20)27/h3-15H,16-17H2,1-2H3. The van der Waals surface area contributed by atoms with Crippen LogP contribution < -0.4 is 10.5 Å². The second kappa shape index (κ2) is 9.60. The predicted octanol–water partition coefficient (Wildman–Crippen LogP) is 5.90. The van der Waals surface area contributed by atoms with Crippen LogP contribution in [-0.4, -0.2) is 9.36 Å². The molecule has 0 aliphatic carbocycles. The lowest BCUT2D eigenvalue weighted by atomic mass is 10.1. The Kier molecular flexibility index (Phi) is 6.86. The van der Waals surface area contributed by atoms with E-state index in [1.165, 1.54) is 18.3 Å². The summed E-state index contributed by atoms with van der Waals surface area (Å²) in [5.74, 6) is 0. The van der Waals surface area contributed by atoms with Crippen LogP contribution in [0, 0.1) is 14.1 Å². The van der Waals surface area contributed by atoms with Gasteiger partial charge in [0.1, 0.15) is 5.69 Å². The number of aromatic nitrogens is 2. The summed E-state index contributed by atoms with van der Waals surface area (Å²) in [6.45, 7) is 3.35. The van der Waals surface area contributed by atoms with E-state index < -0.39 is 0 Å². The minimum atomic E-state index is 0.00285. The van der Waals surface area contributed by atoms with Gasteiger partial charge in [0.15, 0.2) is 0 Å². The number of rotatable bonds is 6. The molecule has 0 radical (unpaired) electrons. The van der Waals surface area contributed by atoms with Crippen LogP contribution >= 0.6 is 45.2 Å². The Bertz CT molecular complexity index is 1210. The molecule has 0 aliphatic heterocycles. The van der Waals surface area contributed by atoms with E-state index in [4.69, 9.17) is 0 Å². The van der Waals surface area contributed by atoms with E-state index in [1.54, 1.807) is 4.68 Å². The van der Waals surface area contributed by atoms with Crippen molar-refractivity contribution >= 4 is 50.9 Å². The highest BCUT2D eigenvalue weighted by Crippen LogP contribution is 2.25. The zero-order chi connectivity index (χ0) is 22.0. The van der Waals surface area contributed by atoms with E-state index in [9.17, 15) is 4.79 Å². The van der Waals surface area contributed by atoms with Gasteiger partial charge in [-0.05, 0) is 87.5 Å². The first-order chi connectivity index (χ1) is 15.0. The Hall–Kier alpha value is -2.07. The van der Waals surface area contributed by atoms with Gasteiger partial charge in [-0.2, -0.15) is 0 Å². The van der Waals surface area contributed by atoms with Crippen LogP contribution in [0.5, 0.6) is 0 Å². The summed E-state index contributed by atoms with van der Waals surface area (Å²) >= 11 is 4.75. The van der Waals surface area contributed by atoms with Crippen molar-refractivity contribution in [3.8, 4) is 5.69 Å². The minimum absolute atomic E-state index is 0.00285. The third-order valence-electron chi connectivity index (χ3n) is 5.48. The Balaban J connectivity index is 1.85. The molecular formula is C25H23I2N3O. The van der Waals surface area contributed by atoms with Crippen molar-refractivity contribution in [1.29, 1.82) is 0 Å². The average Bonchev–Trinajstić information content (AvgIpc) is 2.99. The smallest absolute Gasteiger partial charge is 0.295 e. The third kappa shape index (κ3) is 4.59.